The Kier molecular flexibility index (Phi) is 3.19. The lowest BCUT2D eigenvalue weighted by molar-refractivity contribution is -0.141. The van der Waals surface area contributed by atoms with E-state index in [1.165, 1.54) is 7.11 Å². The quantitative estimate of drug-likeness (QED) is 0.734. The van der Waals surface area contributed by atoms with Crippen LogP contribution in [0.4, 0.5) is 0 Å². The summed E-state index contributed by atoms with van der Waals surface area (Å²) >= 11 is 0. The molecule has 0 radical (unpaired) electrons. The maximum absolute atomic E-state index is 10.9. The van der Waals surface area contributed by atoms with E-state index in [9.17, 15) is 9.90 Å². The van der Waals surface area contributed by atoms with Crippen LogP contribution in [0.15, 0.2) is 18.2 Å². The van der Waals surface area contributed by atoms with E-state index in [1.807, 2.05) is 6.07 Å². The highest BCUT2D eigenvalue weighted by atomic mass is 16.5. The number of carbonyl (C=O) groups is 1. The third kappa shape index (κ3) is 2.19. The van der Waals surface area contributed by atoms with E-state index in [0.29, 0.717) is 18.7 Å². The molecule has 5 nitrogen and oxygen atoms in total. The molecule has 0 saturated carbocycles. The number of ether oxygens (including phenoxy) is 1. The molecule has 17 heavy (non-hydrogen) atoms. The first-order valence-electron chi connectivity index (χ1n) is 5.45. The molecule has 1 aromatic rings. The number of methoxy groups -OCH3 is 1. The second-order valence-electron chi connectivity index (χ2n) is 4.13. The van der Waals surface area contributed by atoms with Crippen molar-refractivity contribution in [1.29, 1.82) is 0 Å². The summed E-state index contributed by atoms with van der Waals surface area (Å²) in [5.41, 5.74) is 0.802. The maximum Gasteiger partial charge on any atom is 0.307 e. The van der Waals surface area contributed by atoms with E-state index in [0.717, 1.165) is 5.56 Å². The molecule has 1 aliphatic rings. The fourth-order valence-electron chi connectivity index (χ4n) is 2.20. The van der Waals surface area contributed by atoms with Gasteiger partial charge in [-0.15, -0.1) is 0 Å². The Morgan fingerprint density at radius 2 is 2.29 bits per heavy atom. The molecule has 1 aromatic carbocycles. The molecule has 0 amide bonds. The summed E-state index contributed by atoms with van der Waals surface area (Å²) in [5.74, 6) is -0.687. The second-order valence-corrected chi connectivity index (χ2v) is 4.13. The summed E-state index contributed by atoms with van der Waals surface area (Å²) < 4.78 is 5.15. The first-order valence-corrected chi connectivity index (χ1v) is 5.45. The van der Waals surface area contributed by atoms with Crippen molar-refractivity contribution in [1.82, 2.24) is 5.32 Å². The van der Waals surface area contributed by atoms with E-state index in [1.54, 1.807) is 12.1 Å². The number of hydrogen-bond donors (Lipinski definition) is 3. The number of aromatic hydroxyl groups is 1. The number of benzene rings is 1. The Bertz CT molecular complexity index is 433. The van der Waals surface area contributed by atoms with E-state index in [-0.39, 0.29) is 17.7 Å². The zero-order chi connectivity index (χ0) is 12.4. The molecule has 2 unspecified atom stereocenters. The topological polar surface area (TPSA) is 78.8 Å². The predicted molar refractivity (Wildman–Crippen MR) is 61.1 cm³/mol. The molecule has 0 bridgehead atoms. The van der Waals surface area contributed by atoms with E-state index < -0.39 is 5.97 Å². The van der Waals surface area contributed by atoms with Crippen LogP contribution in [0, 0.1) is 5.92 Å². The van der Waals surface area contributed by atoms with Crippen molar-refractivity contribution in [2.24, 2.45) is 5.92 Å². The third-order valence-electron chi connectivity index (χ3n) is 3.08. The monoisotopic (exact) mass is 237 g/mol. The van der Waals surface area contributed by atoms with Crippen LogP contribution in [0.3, 0.4) is 0 Å². The smallest absolute Gasteiger partial charge is 0.307 e. The number of carboxylic acids is 1. The Morgan fingerprint density at radius 3 is 2.88 bits per heavy atom. The van der Waals surface area contributed by atoms with Crippen molar-refractivity contribution in [3.05, 3.63) is 23.8 Å². The van der Waals surface area contributed by atoms with Gasteiger partial charge < -0.3 is 20.3 Å². The van der Waals surface area contributed by atoms with Crippen molar-refractivity contribution >= 4 is 5.97 Å². The SMILES string of the molecule is COc1c(O)cccc1C1CC(C(=O)O)CN1. The lowest BCUT2D eigenvalue weighted by atomic mass is 9.99. The highest BCUT2D eigenvalue weighted by molar-refractivity contribution is 5.71. The second kappa shape index (κ2) is 4.63. The van der Waals surface area contributed by atoms with Crippen molar-refractivity contribution in [2.45, 2.75) is 12.5 Å². The number of phenolic OH excluding ortho intramolecular Hbond substituents is 1. The number of para-hydroxylation sites is 1. The number of rotatable bonds is 3. The van der Waals surface area contributed by atoms with Crippen LogP contribution < -0.4 is 10.1 Å². The van der Waals surface area contributed by atoms with E-state index in [4.69, 9.17) is 9.84 Å². The first-order chi connectivity index (χ1) is 8.13. The Hall–Kier alpha value is -1.75. The number of phenols is 1. The highest BCUT2D eigenvalue weighted by Gasteiger charge is 2.32. The minimum absolute atomic E-state index is 0.0746. The Morgan fingerprint density at radius 1 is 1.53 bits per heavy atom. The average Bonchev–Trinajstić information content (AvgIpc) is 2.77. The average molecular weight is 237 g/mol. The van der Waals surface area contributed by atoms with Gasteiger partial charge >= 0.3 is 5.97 Å². The number of aliphatic carboxylic acids is 1. The van der Waals surface area contributed by atoms with Gasteiger partial charge in [0.05, 0.1) is 13.0 Å². The molecule has 5 heteroatoms. The fraction of sp³-hybridized carbons (Fsp3) is 0.417. The van der Waals surface area contributed by atoms with Gasteiger partial charge in [0.2, 0.25) is 0 Å². The van der Waals surface area contributed by atoms with Crippen molar-refractivity contribution in [3.63, 3.8) is 0 Å². The van der Waals surface area contributed by atoms with Gasteiger partial charge in [-0.25, -0.2) is 0 Å². The molecule has 92 valence electrons. The third-order valence-corrected chi connectivity index (χ3v) is 3.08. The molecular weight excluding hydrogens is 222 g/mol. The lowest BCUT2D eigenvalue weighted by Crippen LogP contribution is -2.17. The number of carboxylic acid groups (broad SMARTS) is 1. The summed E-state index contributed by atoms with van der Waals surface area (Å²) in [6, 6.07) is 5.02. The van der Waals surface area contributed by atoms with Crippen LogP contribution in [0.2, 0.25) is 0 Å². The van der Waals surface area contributed by atoms with Gasteiger partial charge in [0, 0.05) is 18.2 Å². The van der Waals surface area contributed by atoms with Crippen LogP contribution in [-0.4, -0.2) is 29.8 Å². The van der Waals surface area contributed by atoms with E-state index >= 15 is 0 Å². The van der Waals surface area contributed by atoms with Crippen LogP contribution >= 0.6 is 0 Å². The van der Waals surface area contributed by atoms with E-state index in [2.05, 4.69) is 5.32 Å². The summed E-state index contributed by atoms with van der Waals surface area (Å²) in [6.07, 6.45) is 0.509. The normalized spacial score (nSPS) is 23.6. The maximum atomic E-state index is 10.9. The molecule has 0 aromatic heterocycles. The van der Waals surface area contributed by atoms with Gasteiger partial charge in [0.1, 0.15) is 0 Å². The largest absolute Gasteiger partial charge is 0.504 e. The van der Waals surface area contributed by atoms with Gasteiger partial charge in [0.15, 0.2) is 11.5 Å². The molecule has 2 atom stereocenters. The summed E-state index contributed by atoms with van der Waals surface area (Å²) in [6.45, 7) is 0.443. The van der Waals surface area contributed by atoms with Gasteiger partial charge in [-0.2, -0.15) is 0 Å². The van der Waals surface area contributed by atoms with Crippen LogP contribution in [0.5, 0.6) is 11.5 Å². The van der Waals surface area contributed by atoms with Crippen molar-refractivity contribution in [2.75, 3.05) is 13.7 Å². The molecule has 0 spiro atoms. The van der Waals surface area contributed by atoms with Crippen molar-refractivity contribution in [3.8, 4) is 11.5 Å². The number of nitrogens with one attached hydrogen (secondary N) is 1. The minimum atomic E-state index is -0.792. The van der Waals surface area contributed by atoms with Gasteiger partial charge in [-0.1, -0.05) is 12.1 Å². The summed E-state index contributed by atoms with van der Waals surface area (Å²) in [4.78, 5) is 10.9. The molecule has 2 rings (SSSR count). The van der Waals surface area contributed by atoms with Gasteiger partial charge in [-0.05, 0) is 12.5 Å². The highest BCUT2D eigenvalue weighted by Crippen LogP contribution is 2.38. The Balaban J connectivity index is 2.24. The Labute approximate surface area is 99.0 Å². The first kappa shape index (κ1) is 11.7. The lowest BCUT2D eigenvalue weighted by Gasteiger charge is -2.15. The molecule has 1 aliphatic heterocycles. The van der Waals surface area contributed by atoms with Crippen LogP contribution in [0.1, 0.15) is 18.0 Å². The van der Waals surface area contributed by atoms with Gasteiger partial charge in [0.25, 0.3) is 0 Å². The van der Waals surface area contributed by atoms with Crippen LogP contribution in [0.25, 0.3) is 0 Å². The van der Waals surface area contributed by atoms with Crippen LogP contribution in [-0.2, 0) is 4.79 Å². The summed E-state index contributed by atoms with van der Waals surface area (Å²) in [5, 5.41) is 21.7. The zero-order valence-electron chi connectivity index (χ0n) is 9.51. The molecular formula is C12H15NO4. The van der Waals surface area contributed by atoms with Crippen molar-refractivity contribution < 1.29 is 19.7 Å². The molecule has 1 saturated heterocycles. The minimum Gasteiger partial charge on any atom is -0.504 e. The molecule has 1 heterocycles. The summed E-state index contributed by atoms with van der Waals surface area (Å²) in [7, 11) is 1.49. The fourth-order valence-corrected chi connectivity index (χ4v) is 2.20. The predicted octanol–water partition coefficient (Wildman–Crippen LogP) is 1.14. The molecule has 1 fully saturated rings. The number of hydrogen-bond acceptors (Lipinski definition) is 4. The zero-order valence-corrected chi connectivity index (χ0v) is 9.51. The van der Waals surface area contributed by atoms with Gasteiger partial charge in [-0.3, -0.25) is 4.79 Å². The standard InChI is InChI=1S/C12H15NO4/c1-17-11-8(3-2-4-10(11)14)9-5-7(6-13-9)12(15)16/h2-4,7,9,13-14H,5-6H2,1H3,(H,15,16). The molecule has 0 aliphatic carbocycles. The molecule has 3 N–H and O–H groups in total.